The van der Waals surface area contributed by atoms with Crippen LogP contribution in [0.1, 0.15) is 89.2 Å². The fraction of sp³-hybridized carbons (Fsp3) is 0.567. The Labute approximate surface area is 227 Å². The Morgan fingerprint density at radius 3 is 2.46 bits per heavy atom. The van der Waals surface area contributed by atoms with E-state index in [1.165, 1.54) is 6.07 Å². The van der Waals surface area contributed by atoms with Gasteiger partial charge in [0.25, 0.3) is 0 Å². The maximum atomic E-state index is 11.9. The average Bonchev–Trinajstić information content (AvgIpc) is 2.84. The molecule has 2 aromatic rings. The van der Waals surface area contributed by atoms with Crippen LogP contribution in [0.3, 0.4) is 0 Å². The summed E-state index contributed by atoms with van der Waals surface area (Å²) in [5.41, 5.74) is 4.00. The highest BCUT2D eigenvalue weighted by atomic mass is 16.7. The molecule has 0 aromatic heterocycles. The van der Waals surface area contributed by atoms with Crippen LogP contribution >= 0.6 is 0 Å². The largest absolute Gasteiger partial charge is 0.508 e. The van der Waals surface area contributed by atoms with E-state index in [0.717, 1.165) is 23.1 Å². The first kappa shape index (κ1) is 26.4. The minimum atomic E-state index is -1.17. The van der Waals surface area contributed by atoms with Crippen molar-refractivity contribution in [1.82, 2.24) is 0 Å². The second-order valence-corrected chi connectivity index (χ2v) is 11.9. The summed E-state index contributed by atoms with van der Waals surface area (Å²) in [6.45, 7) is 7.43. The third-order valence-corrected chi connectivity index (χ3v) is 8.92. The molecule has 6 atom stereocenters. The normalized spacial score (nSPS) is 33.3. The number of carbonyl (C=O) groups is 1. The van der Waals surface area contributed by atoms with E-state index in [-0.39, 0.29) is 59.5 Å². The quantitative estimate of drug-likeness (QED) is 0.423. The number of aldehydes is 1. The number of aliphatic hydroxyl groups excluding tert-OH is 1. The highest BCUT2D eigenvalue weighted by Crippen LogP contribution is 2.56. The van der Waals surface area contributed by atoms with Crippen molar-refractivity contribution < 1.29 is 44.2 Å². The molecule has 9 heteroatoms. The molecule has 4 aliphatic heterocycles. The second kappa shape index (κ2) is 9.09. The Balaban J connectivity index is 1.45. The van der Waals surface area contributed by atoms with E-state index in [1.54, 1.807) is 13.8 Å². The summed E-state index contributed by atoms with van der Waals surface area (Å²) in [5.74, 6) is -1.83. The summed E-state index contributed by atoms with van der Waals surface area (Å²) in [6.07, 6.45) is 2.34. The number of carbonyl (C=O) groups excluding carboxylic acids is 1. The molecule has 9 nitrogen and oxygen atoms in total. The molecule has 39 heavy (non-hydrogen) atoms. The van der Waals surface area contributed by atoms with Gasteiger partial charge in [0.15, 0.2) is 12.1 Å². The van der Waals surface area contributed by atoms with Gasteiger partial charge in [-0.3, -0.25) is 4.79 Å². The Morgan fingerprint density at radius 1 is 1.00 bits per heavy atom. The van der Waals surface area contributed by atoms with Crippen LogP contribution in [-0.4, -0.2) is 56.6 Å². The molecule has 4 aliphatic rings. The summed E-state index contributed by atoms with van der Waals surface area (Å²) >= 11 is 0. The number of hydrogen-bond donors (Lipinski definition) is 4. The zero-order valence-electron chi connectivity index (χ0n) is 22.7. The summed E-state index contributed by atoms with van der Waals surface area (Å²) in [6, 6.07) is 1.48. The number of benzene rings is 2. The number of aromatic hydroxyl groups is 3. The molecule has 0 unspecified atom stereocenters. The highest BCUT2D eigenvalue weighted by molar-refractivity contribution is 5.83. The number of ether oxygens (including phenoxy) is 4. The molecular formula is C30H36O9. The number of aliphatic hydroxyl groups is 1. The van der Waals surface area contributed by atoms with E-state index >= 15 is 0 Å². The maximum absolute atomic E-state index is 11.9. The van der Waals surface area contributed by atoms with Crippen molar-refractivity contribution in [2.24, 2.45) is 0 Å². The Kier molecular flexibility index (Phi) is 6.15. The molecule has 6 rings (SSSR count). The topological polar surface area (TPSA) is 135 Å². The molecule has 4 N–H and O–H groups in total. The Bertz CT molecular complexity index is 1340. The van der Waals surface area contributed by atoms with Crippen LogP contribution in [0.2, 0.25) is 0 Å². The summed E-state index contributed by atoms with van der Waals surface area (Å²) in [7, 11) is 0. The summed E-state index contributed by atoms with van der Waals surface area (Å²) in [5, 5.41) is 42.7. The molecule has 0 radical (unpaired) electrons. The second-order valence-electron chi connectivity index (χ2n) is 11.9. The minimum absolute atomic E-state index is 0.0268. The van der Waals surface area contributed by atoms with Crippen LogP contribution in [0.25, 0.3) is 0 Å². The SMILES string of the molecule is Cc1c(O)cc(C[C@]23C[C@@H](C[C@H](C)O2)c2c4c(c(O)c(C)c2O3)CO[C@@]2(C4)C[C@H](O)C[C@H](C)O2)c(C=O)c1O. The van der Waals surface area contributed by atoms with Crippen molar-refractivity contribution in [3.63, 3.8) is 0 Å². The average molecular weight is 541 g/mol. The van der Waals surface area contributed by atoms with E-state index in [9.17, 15) is 25.2 Å². The lowest BCUT2D eigenvalue weighted by molar-refractivity contribution is -0.301. The van der Waals surface area contributed by atoms with Gasteiger partial charge in [-0.1, -0.05) is 0 Å². The zero-order valence-corrected chi connectivity index (χ0v) is 22.7. The molecule has 1 spiro atoms. The summed E-state index contributed by atoms with van der Waals surface area (Å²) < 4.78 is 25.6. The Hall–Kier alpha value is -2.85. The first-order chi connectivity index (χ1) is 18.4. The van der Waals surface area contributed by atoms with E-state index in [1.807, 2.05) is 13.8 Å². The standard InChI is InChI=1S/C30H36O9/c1-14-5-19-9-30(38-14,8-18-7-24(33)16(3)26(34)22(18)12-31)39-28-17(4)27(35)23-13-36-29(11-21(23)25(19)28)10-20(32)6-15(2)37-29/h7,12,14-15,19-20,32-35H,5-6,8-11,13H2,1-4H3/t14-,15-,19+,20+,29-,30-/m0/s1. The van der Waals surface area contributed by atoms with E-state index in [4.69, 9.17) is 18.9 Å². The number of rotatable bonds is 3. The minimum Gasteiger partial charge on any atom is -0.508 e. The van der Waals surface area contributed by atoms with Gasteiger partial charge >= 0.3 is 0 Å². The van der Waals surface area contributed by atoms with Gasteiger partial charge in [0.1, 0.15) is 23.0 Å². The predicted octanol–water partition coefficient (Wildman–Crippen LogP) is 4.18. The smallest absolute Gasteiger partial charge is 0.215 e. The van der Waals surface area contributed by atoms with Crippen molar-refractivity contribution in [3.8, 4) is 23.0 Å². The van der Waals surface area contributed by atoms with Crippen LogP contribution in [0, 0.1) is 13.8 Å². The number of phenolic OH excluding ortho intramolecular Hbond substituents is 3. The molecule has 2 fully saturated rings. The van der Waals surface area contributed by atoms with Gasteiger partial charge in [0, 0.05) is 47.9 Å². The van der Waals surface area contributed by atoms with E-state index < -0.39 is 17.7 Å². The molecule has 0 amide bonds. The number of hydrogen-bond acceptors (Lipinski definition) is 9. The van der Waals surface area contributed by atoms with Crippen molar-refractivity contribution in [2.75, 3.05) is 0 Å². The molecule has 0 saturated carbocycles. The number of fused-ring (bicyclic) bond motifs is 6. The van der Waals surface area contributed by atoms with Crippen molar-refractivity contribution >= 4 is 6.29 Å². The first-order valence-corrected chi connectivity index (χ1v) is 13.7. The van der Waals surface area contributed by atoms with Gasteiger partial charge in [-0.05, 0) is 63.6 Å². The predicted molar refractivity (Wildman–Crippen MR) is 139 cm³/mol. The third-order valence-electron chi connectivity index (χ3n) is 8.92. The lowest BCUT2D eigenvalue weighted by atomic mass is 9.74. The molecule has 2 bridgehead atoms. The lowest BCUT2D eigenvalue weighted by Gasteiger charge is -2.51. The molecule has 210 valence electrons. The molecule has 4 heterocycles. The van der Waals surface area contributed by atoms with Crippen LogP contribution in [0.15, 0.2) is 6.07 Å². The molecule has 2 aromatic carbocycles. The molecular weight excluding hydrogens is 504 g/mol. The van der Waals surface area contributed by atoms with Crippen LogP contribution < -0.4 is 4.74 Å². The maximum Gasteiger partial charge on any atom is 0.215 e. The van der Waals surface area contributed by atoms with E-state index in [0.29, 0.717) is 48.8 Å². The van der Waals surface area contributed by atoms with Crippen LogP contribution in [0.4, 0.5) is 0 Å². The van der Waals surface area contributed by atoms with Gasteiger partial charge in [-0.2, -0.15) is 0 Å². The lowest BCUT2D eigenvalue weighted by Crippen LogP contribution is -2.53. The van der Waals surface area contributed by atoms with E-state index in [2.05, 4.69) is 0 Å². The van der Waals surface area contributed by atoms with Gasteiger partial charge in [0.2, 0.25) is 5.79 Å². The van der Waals surface area contributed by atoms with Gasteiger partial charge in [-0.25, -0.2) is 0 Å². The van der Waals surface area contributed by atoms with Crippen LogP contribution in [-0.2, 0) is 33.7 Å². The first-order valence-electron chi connectivity index (χ1n) is 13.7. The Morgan fingerprint density at radius 2 is 1.74 bits per heavy atom. The molecule has 0 aliphatic carbocycles. The molecule has 2 saturated heterocycles. The van der Waals surface area contributed by atoms with Crippen LogP contribution in [0.5, 0.6) is 23.0 Å². The van der Waals surface area contributed by atoms with Crippen molar-refractivity contribution in [2.45, 2.75) is 109 Å². The fourth-order valence-electron chi connectivity index (χ4n) is 7.26. The highest BCUT2D eigenvalue weighted by Gasteiger charge is 2.52. The van der Waals surface area contributed by atoms with Crippen molar-refractivity contribution in [1.29, 1.82) is 0 Å². The summed E-state index contributed by atoms with van der Waals surface area (Å²) in [4.78, 5) is 11.9. The monoisotopic (exact) mass is 540 g/mol. The zero-order chi connectivity index (χ0) is 27.9. The van der Waals surface area contributed by atoms with Crippen molar-refractivity contribution in [3.05, 3.63) is 45.0 Å². The van der Waals surface area contributed by atoms with Gasteiger partial charge in [0.05, 0.1) is 30.5 Å². The van der Waals surface area contributed by atoms with Gasteiger partial charge < -0.3 is 39.4 Å². The third kappa shape index (κ3) is 4.18. The fourth-order valence-corrected chi connectivity index (χ4v) is 7.26. The van der Waals surface area contributed by atoms with Gasteiger partial charge in [-0.15, -0.1) is 0 Å². The number of phenols is 3.